The van der Waals surface area contributed by atoms with Crippen molar-refractivity contribution in [3.05, 3.63) is 119 Å². The normalized spacial score (nSPS) is 17.4. The third-order valence-electron chi connectivity index (χ3n) is 8.98. The number of nitrogens with two attached hydrogens (primary N) is 2. The van der Waals surface area contributed by atoms with Gasteiger partial charge in [0.2, 0.25) is 5.91 Å². The number of fused-ring (bicyclic) bond motifs is 1. The van der Waals surface area contributed by atoms with Gasteiger partial charge in [-0.3, -0.25) is 14.7 Å². The lowest BCUT2D eigenvalue weighted by atomic mass is 9.91. The van der Waals surface area contributed by atoms with Crippen molar-refractivity contribution in [2.24, 2.45) is 23.3 Å². The van der Waals surface area contributed by atoms with Gasteiger partial charge in [0.25, 0.3) is 0 Å². The maximum Gasteiger partial charge on any atom is 0.228 e. The molecule has 1 aromatic heterocycles. The number of allylic oxidation sites excluding steroid dienone is 7. The highest BCUT2D eigenvalue weighted by Crippen LogP contribution is 2.36. The Morgan fingerprint density at radius 1 is 1.10 bits per heavy atom. The number of hydrogen-bond donors (Lipinski definition) is 5. The standard InChI is InChI=1S/C37H48N6O2.C3H7N/c1-5-6-9-26(15-14-24(2)29-21-43(22-29)23-30-19-18-27-10-7-12-32(27)40-30)31-11-8-13-33(36(31)45-4)41-34(25(3)38)20-35(39)42-37(44)28-16-17-28;1-3-4-2/h6,8-9,11,13-15,18-20,28-29,41H,5,7,10,12,16-17,21-23,38-39H2,1-4H3,(H,42,44);3-4H,1H2,2H3/b9-6+,24-14+,26-15+,34-25+,35-20+;. The van der Waals surface area contributed by atoms with Gasteiger partial charge >= 0.3 is 0 Å². The topological polar surface area (TPSA) is 131 Å². The van der Waals surface area contributed by atoms with E-state index in [1.54, 1.807) is 26.3 Å². The minimum atomic E-state index is -0.0520. The van der Waals surface area contributed by atoms with E-state index in [0.29, 0.717) is 23.1 Å². The van der Waals surface area contributed by atoms with E-state index in [4.69, 9.17) is 21.2 Å². The molecular weight excluding hydrogens is 610 g/mol. The molecule has 3 aliphatic rings. The number of methoxy groups -OCH3 is 1. The molecule has 1 aliphatic heterocycles. The predicted molar refractivity (Wildman–Crippen MR) is 202 cm³/mol. The lowest BCUT2D eigenvalue weighted by Crippen LogP contribution is -2.46. The van der Waals surface area contributed by atoms with Crippen molar-refractivity contribution >= 4 is 17.2 Å². The minimum absolute atomic E-state index is 0.0520. The lowest BCUT2D eigenvalue weighted by molar-refractivity contribution is -0.121. The Labute approximate surface area is 293 Å². The van der Waals surface area contributed by atoms with E-state index in [9.17, 15) is 4.79 Å². The first-order valence-electron chi connectivity index (χ1n) is 17.4. The number of anilines is 1. The van der Waals surface area contributed by atoms with E-state index in [1.165, 1.54) is 35.4 Å². The van der Waals surface area contributed by atoms with Crippen molar-refractivity contribution < 1.29 is 9.53 Å². The van der Waals surface area contributed by atoms with Gasteiger partial charge in [-0.2, -0.15) is 0 Å². The van der Waals surface area contributed by atoms with E-state index in [2.05, 4.69) is 83.8 Å². The van der Waals surface area contributed by atoms with Crippen molar-refractivity contribution in [3.63, 3.8) is 0 Å². The molecule has 9 heteroatoms. The summed E-state index contributed by atoms with van der Waals surface area (Å²) in [6.07, 6.45) is 18.3. The molecule has 0 atom stereocenters. The summed E-state index contributed by atoms with van der Waals surface area (Å²) < 4.78 is 5.96. The maximum atomic E-state index is 12.2. The molecule has 1 saturated carbocycles. The number of carbonyl (C=O) groups is 1. The third-order valence-corrected chi connectivity index (χ3v) is 8.98. The summed E-state index contributed by atoms with van der Waals surface area (Å²) in [6, 6.07) is 10.5. The van der Waals surface area contributed by atoms with E-state index >= 15 is 0 Å². The fourth-order valence-corrected chi connectivity index (χ4v) is 5.86. The molecule has 262 valence electrons. The van der Waals surface area contributed by atoms with Crippen molar-refractivity contribution in [1.29, 1.82) is 0 Å². The number of nitrogens with zero attached hydrogens (tertiary/aromatic N) is 2. The number of pyridine rings is 1. The molecule has 49 heavy (non-hydrogen) atoms. The molecule has 9 nitrogen and oxygen atoms in total. The first-order chi connectivity index (χ1) is 23.7. The van der Waals surface area contributed by atoms with Crippen LogP contribution in [0.4, 0.5) is 5.69 Å². The smallest absolute Gasteiger partial charge is 0.228 e. The van der Waals surface area contributed by atoms with Crippen LogP contribution >= 0.6 is 0 Å². The Hall–Kier alpha value is -4.76. The number of nitrogens with one attached hydrogen (secondary N) is 3. The van der Waals surface area contributed by atoms with Gasteiger partial charge in [0.05, 0.1) is 24.2 Å². The van der Waals surface area contributed by atoms with E-state index < -0.39 is 0 Å². The van der Waals surface area contributed by atoms with Crippen molar-refractivity contribution in [3.8, 4) is 5.75 Å². The van der Waals surface area contributed by atoms with Gasteiger partial charge in [0.1, 0.15) is 11.6 Å². The van der Waals surface area contributed by atoms with Gasteiger partial charge in [-0.1, -0.05) is 61.6 Å². The predicted octanol–water partition coefficient (Wildman–Crippen LogP) is 6.28. The Morgan fingerprint density at radius 3 is 2.51 bits per heavy atom. The fourth-order valence-electron chi connectivity index (χ4n) is 5.86. The molecular formula is C40H55N7O2. The zero-order valence-electron chi connectivity index (χ0n) is 29.9. The van der Waals surface area contributed by atoms with Crippen LogP contribution in [0.3, 0.4) is 0 Å². The summed E-state index contributed by atoms with van der Waals surface area (Å²) in [4.78, 5) is 19.6. The Morgan fingerprint density at radius 2 is 1.86 bits per heavy atom. The van der Waals surface area contributed by atoms with Crippen LogP contribution in [0.15, 0.2) is 96.3 Å². The summed E-state index contributed by atoms with van der Waals surface area (Å²) in [5.41, 5.74) is 21.5. The Balaban J connectivity index is 0.00000128. The monoisotopic (exact) mass is 665 g/mol. The molecule has 0 bridgehead atoms. The number of benzene rings is 1. The van der Waals surface area contributed by atoms with E-state index in [-0.39, 0.29) is 17.6 Å². The van der Waals surface area contributed by atoms with Crippen LogP contribution in [0, 0.1) is 11.8 Å². The van der Waals surface area contributed by atoms with Crippen LogP contribution < -0.4 is 32.2 Å². The number of amides is 1. The summed E-state index contributed by atoms with van der Waals surface area (Å²) in [5, 5.41) is 8.85. The van der Waals surface area contributed by atoms with Crippen LogP contribution in [-0.2, 0) is 24.2 Å². The number of ether oxygens (including phenoxy) is 1. The maximum absolute atomic E-state index is 12.2. The molecule has 1 amide bonds. The van der Waals surface area contributed by atoms with Gasteiger partial charge < -0.3 is 32.2 Å². The van der Waals surface area contributed by atoms with Gasteiger partial charge in [-0.15, -0.1) is 0 Å². The Kier molecular flexibility index (Phi) is 13.7. The SMILES string of the molecule is C=CNC.CC/C=C/C(=C\C=C(/C)C1CN(Cc2ccc3c(n2)CCC3)C1)c1cccc(NC(/C=C(\N)NC(=O)C2CC2)=C(\C)N)c1OC. The summed E-state index contributed by atoms with van der Waals surface area (Å²) in [6.45, 7) is 12.5. The fraction of sp³-hybridized carbons (Fsp3) is 0.400. The zero-order valence-corrected chi connectivity index (χ0v) is 29.9. The van der Waals surface area contributed by atoms with Crippen LogP contribution in [0.1, 0.15) is 69.0 Å². The van der Waals surface area contributed by atoms with Crippen LogP contribution in [0.5, 0.6) is 5.75 Å². The van der Waals surface area contributed by atoms with Gasteiger partial charge in [-0.25, -0.2) is 0 Å². The number of hydrogen-bond acceptors (Lipinski definition) is 8. The summed E-state index contributed by atoms with van der Waals surface area (Å²) in [7, 11) is 3.48. The number of carbonyl (C=O) groups excluding carboxylic acids is 1. The number of para-hydroxylation sites is 1. The van der Waals surface area contributed by atoms with Gasteiger partial charge in [0.15, 0.2) is 0 Å². The highest BCUT2D eigenvalue weighted by Gasteiger charge is 2.30. The number of likely N-dealkylation sites (tertiary alicyclic amines) is 1. The quantitative estimate of drug-likeness (QED) is 0.149. The van der Waals surface area contributed by atoms with Crippen molar-refractivity contribution in [2.75, 3.05) is 32.6 Å². The highest BCUT2D eigenvalue weighted by atomic mass is 16.5. The molecule has 1 saturated heterocycles. The average Bonchev–Trinajstić information content (AvgIpc) is 3.83. The molecule has 7 N–H and O–H groups in total. The molecule has 0 spiro atoms. The van der Waals surface area contributed by atoms with Crippen LogP contribution in [0.25, 0.3) is 5.57 Å². The number of rotatable bonds is 14. The van der Waals surface area contributed by atoms with Crippen LogP contribution in [-0.4, -0.2) is 43.0 Å². The van der Waals surface area contributed by atoms with Gasteiger partial charge in [0, 0.05) is 61.5 Å². The second-order valence-corrected chi connectivity index (χ2v) is 13.0. The molecule has 2 fully saturated rings. The van der Waals surface area contributed by atoms with Crippen molar-refractivity contribution in [2.45, 2.75) is 65.8 Å². The minimum Gasteiger partial charge on any atom is -0.494 e. The summed E-state index contributed by atoms with van der Waals surface area (Å²) >= 11 is 0. The molecule has 5 rings (SSSR count). The lowest BCUT2D eigenvalue weighted by Gasteiger charge is -2.39. The van der Waals surface area contributed by atoms with Crippen molar-refractivity contribution in [1.82, 2.24) is 20.5 Å². The molecule has 2 aromatic rings. The first-order valence-corrected chi connectivity index (χ1v) is 17.4. The first kappa shape index (κ1) is 37.1. The molecule has 0 radical (unpaired) electrons. The zero-order chi connectivity index (χ0) is 35.3. The molecule has 0 unspecified atom stereocenters. The molecule has 2 aliphatic carbocycles. The largest absolute Gasteiger partial charge is 0.494 e. The highest BCUT2D eigenvalue weighted by molar-refractivity contribution is 5.84. The van der Waals surface area contributed by atoms with E-state index in [1.807, 2.05) is 19.2 Å². The Bertz CT molecular complexity index is 1620. The second kappa shape index (κ2) is 18.1. The average molecular weight is 666 g/mol. The van der Waals surface area contributed by atoms with Gasteiger partial charge in [-0.05, 0) is 81.8 Å². The third kappa shape index (κ3) is 10.6. The summed E-state index contributed by atoms with van der Waals surface area (Å²) in [5.74, 6) is 1.48. The number of aryl methyl sites for hydroxylation is 2. The second-order valence-electron chi connectivity index (χ2n) is 13.0. The number of aromatic nitrogens is 1. The van der Waals surface area contributed by atoms with Crippen LogP contribution in [0.2, 0.25) is 0 Å². The molecule has 1 aromatic carbocycles. The van der Waals surface area contributed by atoms with E-state index in [0.717, 1.165) is 62.1 Å². The molecule has 2 heterocycles.